The van der Waals surface area contributed by atoms with Gasteiger partial charge in [-0.05, 0) is 99.4 Å². The Morgan fingerprint density at radius 2 is 0.554 bits per heavy atom. The Bertz CT molecular complexity index is 2110. The normalized spacial score (nSPS) is 10.3. The van der Waals surface area contributed by atoms with E-state index in [1.54, 1.807) is 0 Å². The van der Waals surface area contributed by atoms with Crippen molar-refractivity contribution in [3.63, 3.8) is 0 Å². The molecule has 282 valence electrons. The number of rotatable bonds is 12. The predicted molar refractivity (Wildman–Crippen MR) is 228 cm³/mol. The Balaban J connectivity index is 1.07. The lowest BCUT2D eigenvalue weighted by Gasteiger charge is -2.13. The van der Waals surface area contributed by atoms with E-state index in [0.717, 1.165) is 22.3 Å². The summed E-state index contributed by atoms with van der Waals surface area (Å²) in [7, 11) is -6.25. The molecule has 8 heteroatoms. The van der Waals surface area contributed by atoms with Crippen molar-refractivity contribution in [1.82, 2.24) is 0 Å². The van der Waals surface area contributed by atoms with Crippen LogP contribution in [-0.2, 0) is 28.1 Å². The van der Waals surface area contributed by atoms with Crippen LogP contribution in [0.1, 0.15) is 22.3 Å². The molecule has 4 rings (SSSR count). The van der Waals surface area contributed by atoms with Crippen molar-refractivity contribution in [3.8, 4) is 70.5 Å². The minimum absolute atomic E-state index is 0.110. The zero-order valence-electron chi connectivity index (χ0n) is 32.2. The Hall–Kier alpha value is -5.46. The highest BCUT2D eigenvalue weighted by molar-refractivity contribution is 7.83. The molecule has 0 aliphatic heterocycles. The van der Waals surface area contributed by atoms with Crippen molar-refractivity contribution in [2.75, 3.05) is 52.9 Å². The fourth-order valence-corrected chi connectivity index (χ4v) is 8.80. The van der Waals surface area contributed by atoms with Crippen LogP contribution in [0.3, 0.4) is 0 Å². The van der Waals surface area contributed by atoms with E-state index in [0.29, 0.717) is 21.2 Å². The summed E-state index contributed by atoms with van der Waals surface area (Å²) in [6, 6.07) is 30.6. The van der Waals surface area contributed by atoms with Crippen LogP contribution in [-0.4, -0.2) is 52.9 Å². The van der Waals surface area contributed by atoms with E-state index in [1.165, 1.54) is 0 Å². The molecule has 0 N–H and O–H groups in total. The summed E-state index contributed by atoms with van der Waals surface area (Å²) in [6.45, 7) is 9.33. The minimum atomic E-state index is -3.13. The molecule has 0 spiro atoms. The average Bonchev–Trinajstić information content (AvgIpc) is 3.20. The molecule has 0 heterocycles. The molecule has 56 heavy (non-hydrogen) atoms. The van der Waals surface area contributed by atoms with Crippen LogP contribution in [0.15, 0.2) is 97.1 Å². The summed E-state index contributed by atoms with van der Waals surface area (Å²) >= 11 is 0. The van der Waals surface area contributed by atoms with Crippen molar-refractivity contribution < 1.29 is 28.1 Å². The summed E-state index contributed by atoms with van der Waals surface area (Å²) in [4.78, 5) is 0. The summed E-state index contributed by atoms with van der Waals surface area (Å²) < 4.78 is 49.8. The Morgan fingerprint density at radius 1 is 0.339 bits per heavy atom. The third kappa shape index (κ3) is 14.3. The average molecular weight is 779 g/mol. The zero-order valence-corrected chi connectivity index (χ0v) is 34.0. The van der Waals surface area contributed by atoms with Crippen molar-refractivity contribution in [2.45, 2.75) is 27.7 Å². The van der Waals surface area contributed by atoms with E-state index in [-0.39, 0.29) is 52.9 Å². The van der Waals surface area contributed by atoms with Gasteiger partial charge in [0.1, 0.15) is 52.9 Å². The summed E-state index contributed by atoms with van der Waals surface area (Å²) in [5, 5.41) is 2.80. The molecular formula is C48H44O6P2. The zero-order chi connectivity index (χ0) is 39.9. The van der Waals surface area contributed by atoms with Gasteiger partial charge >= 0.3 is 0 Å². The molecule has 0 amide bonds. The standard InChI is InChI=1S/C48H44O6P2/c1-41-15-23-45(24-16-41)55(49,46-25-17-42(2)18-26-46)39-13-37-53-35-11-9-33-51-31-7-5-6-8-32-52-34-10-12-36-54-38-14-40-56(50,47-27-19-43(3)20-28-47)48-29-21-44(4)22-30-48/h15-30H,31-38H2,1-4H3. The van der Waals surface area contributed by atoms with E-state index in [9.17, 15) is 9.13 Å². The van der Waals surface area contributed by atoms with Crippen LogP contribution in [0.5, 0.6) is 0 Å². The van der Waals surface area contributed by atoms with E-state index in [4.69, 9.17) is 18.9 Å². The third-order valence-corrected chi connectivity index (χ3v) is 13.0. The Labute approximate surface area is 332 Å². The minimum Gasteiger partial charge on any atom is -0.356 e. The van der Waals surface area contributed by atoms with Crippen molar-refractivity contribution in [1.29, 1.82) is 0 Å². The van der Waals surface area contributed by atoms with Gasteiger partial charge in [0.25, 0.3) is 0 Å². The quantitative estimate of drug-likeness (QED) is 0.0964. The molecule has 4 aromatic carbocycles. The van der Waals surface area contributed by atoms with Crippen molar-refractivity contribution in [3.05, 3.63) is 119 Å². The van der Waals surface area contributed by atoms with Crippen LogP contribution < -0.4 is 21.2 Å². The third-order valence-electron chi connectivity index (χ3n) is 7.95. The van der Waals surface area contributed by atoms with Gasteiger partial charge in [0.05, 0.1) is 0 Å². The summed E-state index contributed by atoms with van der Waals surface area (Å²) in [6.07, 6.45) is 0. The maximum Gasteiger partial charge on any atom is 0.210 e. The second kappa shape index (κ2) is 23.5. The lowest BCUT2D eigenvalue weighted by Crippen LogP contribution is -2.15. The number of ether oxygens (including phenoxy) is 4. The summed E-state index contributed by atoms with van der Waals surface area (Å²) in [5.74, 6) is 28.3. The molecule has 4 aromatic rings. The fraction of sp³-hybridized carbons (Fsp3) is 0.250. The second-order valence-corrected chi connectivity index (χ2v) is 17.4. The van der Waals surface area contributed by atoms with Crippen LogP contribution in [0.2, 0.25) is 0 Å². The number of aryl methyl sites for hydroxylation is 4. The maximum atomic E-state index is 14.0. The van der Waals surface area contributed by atoms with Gasteiger partial charge in [-0.3, -0.25) is 9.13 Å². The molecule has 6 nitrogen and oxygen atoms in total. The highest BCUT2D eigenvalue weighted by atomic mass is 31.2. The second-order valence-electron chi connectivity index (χ2n) is 12.4. The highest BCUT2D eigenvalue weighted by Crippen LogP contribution is 2.43. The molecule has 0 aliphatic rings. The predicted octanol–water partition coefficient (Wildman–Crippen LogP) is 6.25. The first-order chi connectivity index (χ1) is 27.2. The first-order valence-corrected chi connectivity index (χ1v) is 21.3. The SMILES string of the molecule is Cc1ccc(P(=O)(C#CCOCC#CCOCC#CC#CCOCC#CCOCC#CP(=O)(c2ccc(C)cc2)c2ccc(C)cc2)c2ccc(C)cc2)cc1. The van der Waals surface area contributed by atoms with E-state index in [2.05, 4.69) is 70.5 Å². The van der Waals surface area contributed by atoms with Gasteiger partial charge in [-0.1, -0.05) is 118 Å². The first-order valence-electron chi connectivity index (χ1n) is 17.9. The first kappa shape index (κ1) is 43.3. The van der Waals surface area contributed by atoms with Crippen LogP contribution in [0, 0.1) is 98.2 Å². The molecule has 0 unspecified atom stereocenters. The smallest absolute Gasteiger partial charge is 0.210 e. The highest BCUT2D eigenvalue weighted by Gasteiger charge is 2.26. The summed E-state index contributed by atoms with van der Waals surface area (Å²) in [5.41, 5.74) is 10.4. The van der Waals surface area contributed by atoms with E-state index < -0.39 is 14.3 Å². The van der Waals surface area contributed by atoms with Gasteiger partial charge in [-0.25, -0.2) is 0 Å². The molecular weight excluding hydrogens is 734 g/mol. The molecule has 0 radical (unpaired) electrons. The van der Waals surface area contributed by atoms with Crippen LogP contribution >= 0.6 is 14.3 Å². The van der Waals surface area contributed by atoms with Crippen molar-refractivity contribution >= 4 is 35.5 Å². The fourth-order valence-electron chi connectivity index (χ4n) is 4.84. The number of hydrogen-bond donors (Lipinski definition) is 0. The lowest BCUT2D eigenvalue weighted by atomic mass is 10.2. The van der Waals surface area contributed by atoms with Gasteiger partial charge < -0.3 is 18.9 Å². The molecule has 0 bridgehead atoms. The number of benzene rings is 4. The van der Waals surface area contributed by atoms with Gasteiger partial charge in [-0.15, -0.1) is 0 Å². The lowest BCUT2D eigenvalue weighted by molar-refractivity contribution is 0.198. The Morgan fingerprint density at radius 3 is 0.804 bits per heavy atom. The van der Waals surface area contributed by atoms with E-state index >= 15 is 0 Å². The topological polar surface area (TPSA) is 71.1 Å². The molecule has 0 fully saturated rings. The number of hydrogen-bond acceptors (Lipinski definition) is 6. The molecule has 0 saturated carbocycles. The van der Waals surface area contributed by atoms with Gasteiger partial charge in [0.2, 0.25) is 14.3 Å². The van der Waals surface area contributed by atoms with Crippen molar-refractivity contribution in [2.24, 2.45) is 0 Å². The van der Waals surface area contributed by atoms with Crippen LogP contribution in [0.4, 0.5) is 0 Å². The molecule has 0 aromatic heterocycles. The monoisotopic (exact) mass is 778 g/mol. The van der Waals surface area contributed by atoms with E-state index in [1.807, 2.05) is 125 Å². The van der Waals surface area contributed by atoms with Crippen LogP contribution in [0.25, 0.3) is 0 Å². The molecule has 0 atom stereocenters. The largest absolute Gasteiger partial charge is 0.356 e. The Kier molecular flexibility index (Phi) is 18.1. The molecule has 0 aliphatic carbocycles. The van der Waals surface area contributed by atoms with Gasteiger partial charge in [0, 0.05) is 21.2 Å². The molecule has 0 saturated heterocycles. The van der Waals surface area contributed by atoms with Gasteiger partial charge in [0.15, 0.2) is 0 Å². The van der Waals surface area contributed by atoms with Gasteiger partial charge in [-0.2, -0.15) is 0 Å². The maximum absolute atomic E-state index is 14.0.